The van der Waals surface area contributed by atoms with Crippen LogP contribution in [0, 0.1) is 5.92 Å². The van der Waals surface area contributed by atoms with Crippen LogP contribution in [0.2, 0.25) is 5.02 Å². The number of nitrogens with one attached hydrogen (secondary N) is 1. The van der Waals surface area contributed by atoms with Gasteiger partial charge < -0.3 is 11.1 Å². The first-order valence-corrected chi connectivity index (χ1v) is 7.56. The molecular weight excluding hydrogens is 272 g/mol. The van der Waals surface area contributed by atoms with Gasteiger partial charge >= 0.3 is 0 Å². The van der Waals surface area contributed by atoms with Crippen molar-refractivity contribution in [1.82, 2.24) is 5.32 Å². The molecule has 0 aliphatic rings. The third kappa shape index (κ3) is 6.40. The third-order valence-corrected chi connectivity index (χ3v) is 3.39. The van der Waals surface area contributed by atoms with Crippen LogP contribution >= 0.6 is 11.6 Å². The zero-order valence-corrected chi connectivity index (χ0v) is 13.3. The van der Waals surface area contributed by atoms with Crippen molar-refractivity contribution in [2.75, 3.05) is 0 Å². The van der Waals surface area contributed by atoms with Gasteiger partial charge in [0.05, 0.1) is 6.04 Å². The minimum atomic E-state index is 0.0350. The zero-order valence-electron chi connectivity index (χ0n) is 12.5. The number of carbonyl (C=O) groups is 1. The summed E-state index contributed by atoms with van der Waals surface area (Å²) in [6.07, 6.45) is 2.09. The number of carbonyl (C=O) groups excluding carboxylic acids is 1. The normalized spacial score (nSPS) is 14.1. The van der Waals surface area contributed by atoms with Gasteiger partial charge in [0, 0.05) is 17.5 Å². The van der Waals surface area contributed by atoms with Gasteiger partial charge in [-0.05, 0) is 43.4 Å². The maximum atomic E-state index is 12.0. The van der Waals surface area contributed by atoms with E-state index in [-0.39, 0.29) is 18.0 Å². The Morgan fingerprint density at radius 3 is 2.35 bits per heavy atom. The van der Waals surface area contributed by atoms with Gasteiger partial charge in [-0.2, -0.15) is 0 Å². The lowest BCUT2D eigenvalue weighted by molar-refractivity contribution is -0.122. The molecule has 1 aromatic carbocycles. The first kappa shape index (κ1) is 17.0. The van der Waals surface area contributed by atoms with E-state index in [2.05, 4.69) is 19.2 Å². The molecule has 1 rings (SSSR count). The molecule has 1 amide bonds. The molecule has 2 unspecified atom stereocenters. The third-order valence-electron chi connectivity index (χ3n) is 3.14. The number of benzene rings is 1. The second-order valence-corrected chi connectivity index (χ2v) is 6.25. The Bertz CT molecular complexity index is 415. The van der Waals surface area contributed by atoms with Crippen molar-refractivity contribution in [3.63, 3.8) is 0 Å². The number of rotatable bonds is 7. The Morgan fingerprint density at radius 2 is 1.85 bits per heavy atom. The van der Waals surface area contributed by atoms with E-state index in [9.17, 15) is 4.79 Å². The Labute approximate surface area is 126 Å². The van der Waals surface area contributed by atoms with Gasteiger partial charge in [0.2, 0.25) is 5.91 Å². The van der Waals surface area contributed by atoms with Crippen LogP contribution < -0.4 is 11.1 Å². The molecule has 112 valence electrons. The lowest BCUT2D eigenvalue weighted by Gasteiger charge is -2.21. The molecule has 0 saturated carbocycles. The van der Waals surface area contributed by atoms with E-state index in [1.165, 1.54) is 0 Å². The summed E-state index contributed by atoms with van der Waals surface area (Å²) < 4.78 is 0. The van der Waals surface area contributed by atoms with E-state index in [1.807, 2.05) is 31.2 Å². The molecule has 0 spiro atoms. The monoisotopic (exact) mass is 296 g/mol. The molecule has 0 heterocycles. The minimum absolute atomic E-state index is 0.0350. The average Bonchev–Trinajstić information content (AvgIpc) is 2.36. The van der Waals surface area contributed by atoms with E-state index in [0.29, 0.717) is 23.8 Å². The highest BCUT2D eigenvalue weighted by atomic mass is 35.5. The first-order valence-electron chi connectivity index (χ1n) is 7.19. The van der Waals surface area contributed by atoms with Gasteiger partial charge in [-0.1, -0.05) is 37.6 Å². The smallest absolute Gasteiger partial charge is 0.220 e. The number of halogens is 1. The van der Waals surface area contributed by atoms with Crippen LogP contribution in [-0.2, 0) is 4.79 Å². The van der Waals surface area contributed by atoms with Gasteiger partial charge in [-0.15, -0.1) is 0 Å². The highest BCUT2D eigenvalue weighted by Crippen LogP contribution is 2.23. The molecule has 0 radical (unpaired) electrons. The Kier molecular flexibility index (Phi) is 7.03. The predicted molar refractivity (Wildman–Crippen MR) is 84.7 cm³/mol. The van der Waals surface area contributed by atoms with E-state index in [4.69, 9.17) is 17.3 Å². The van der Waals surface area contributed by atoms with Gasteiger partial charge in [-0.3, -0.25) is 4.79 Å². The Balaban J connectivity index is 2.69. The molecule has 0 saturated heterocycles. The van der Waals surface area contributed by atoms with E-state index < -0.39 is 0 Å². The number of amides is 1. The Hall–Kier alpha value is -1.06. The van der Waals surface area contributed by atoms with E-state index in [1.54, 1.807) is 0 Å². The molecule has 1 aromatic rings. The number of hydrogen-bond donors (Lipinski definition) is 2. The maximum absolute atomic E-state index is 12.0. The van der Waals surface area contributed by atoms with Crippen molar-refractivity contribution >= 4 is 17.5 Å². The lowest BCUT2D eigenvalue weighted by atomic mass is 9.96. The fourth-order valence-corrected chi connectivity index (χ4v) is 2.20. The molecule has 0 aliphatic heterocycles. The summed E-state index contributed by atoms with van der Waals surface area (Å²) in [5, 5.41) is 3.81. The quantitative estimate of drug-likeness (QED) is 0.806. The lowest BCUT2D eigenvalue weighted by Crippen LogP contribution is -2.30. The zero-order chi connectivity index (χ0) is 15.1. The molecule has 0 fully saturated rings. The van der Waals surface area contributed by atoms with Crippen molar-refractivity contribution in [3.05, 3.63) is 34.9 Å². The summed E-state index contributed by atoms with van der Waals surface area (Å²) in [7, 11) is 0. The van der Waals surface area contributed by atoms with Crippen molar-refractivity contribution in [1.29, 1.82) is 0 Å². The number of nitrogens with two attached hydrogens (primary N) is 1. The van der Waals surface area contributed by atoms with Gasteiger partial charge in [0.1, 0.15) is 0 Å². The Morgan fingerprint density at radius 1 is 1.25 bits per heavy atom. The van der Waals surface area contributed by atoms with Crippen LogP contribution in [0.4, 0.5) is 0 Å². The van der Waals surface area contributed by atoms with Crippen molar-refractivity contribution in [2.24, 2.45) is 11.7 Å². The van der Waals surface area contributed by atoms with Gasteiger partial charge in [0.25, 0.3) is 0 Å². The van der Waals surface area contributed by atoms with E-state index >= 15 is 0 Å². The van der Waals surface area contributed by atoms with Gasteiger partial charge in [0.15, 0.2) is 0 Å². The summed E-state index contributed by atoms with van der Waals surface area (Å²) in [6.45, 7) is 6.21. The second-order valence-electron chi connectivity index (χ2n) is 5.82. The van der Waals surface area contributed by atoms with Crippen LogP contribution in [-0.4, -0.2) is 11.9 Å². The van der Waals surface area contributed by atoms with Crippen LogP contribution in [0.15, 0.2) is 24.3 Å². The fourth-order valence-electron chi connectivity index (χ4n) is 2.07. The summed E-state index contributed by atoms with van der Waals surface area (Å²) in [4.78, 5) is 12.0. The average molecular weight is 297 g/mol. The molecule has 3 N–H and O–H groups in total. The maximum Gasteiger partial charge on any atom is 0.220 e. The van der Waals surface area contributed by atoms with Crippen molar-refractivity contribution < 1.29 is 4.79 Å². The molecular formula is C16H25ClN2O. The fraction of sp³-hybridized carbons (Fsp3) is 0.562. The largest absolute Gasteiger partial charge is 0.349 e. The SMILES string of the molecule is CC(C)CC(NC(=O)CCC(C)N)c1ccc(Cl)cc1. The molecule has 20 heavy (non-hydrogen) atoms. The first-order chi connectivity index (χ1) is 9.38. The van der Waals surface area contributed by atoms with Crippen molar-refractivity contribution in [3.8, 4) is 0 Å². The summed E-state index contributed by atoms with van der Waals surface area (Å²) >= 11 is 5.91. The van der Waals surface area contributed by atoms with Crippen LogP contribution in [0.5, 0.6) is 0 Å². The van der Waals surface area contributed by atoms with E-state index in [0.717, 1.165) is 12.0 Å². The topological polar surface area (TPSA) is 55.1 Å². The molecule has 2 atom stereocenters. The standard InChI is InChI=1S/C16H25ClN2O/c1-11(2)10-15(13-5-7-14(17)8-6-13)19-16(20)9-4-12(3)18/h5-8,11-12,15H,4,9-10,18H2,1-3H3,(H,19,20). The molecule has 0 aliphatic carbocycles. The summed E-state index contributed by atoms with van der Waals surface area (Å²) in [5.41, 5.74) is 6.78. The molecule has 3 nitrogen and oxygen atoms in total. The summed E-state index contributed by atoms with van der Waals surface area (Å²) in [5.74, 6) is 0.562. The van der Waals surface area contributed by atoms with Crippen LogP contribution in [0.25, 0.3) is 0 Å². The molecule has 4 heteroatoms. The second kappa shape index (κ2) is 8.28. The van der Waals surface area contributed by atoms with Crippen molar-refractivity contribution in [2.45, 2.75) is 52.1 Å². The molecule has 0 bridgehead atoms. The minimum Gasteiger partial charge on any atom is -0.349 e. The number of hydrogen-bond acceptors (Lipinski definition) is 2. The van der Waals surface area contributed by atoms with Crippen LogP contribution in [0.3, 0.4) is 0 Å². The van der Waals surface area contributed by atoms with Crippen LogP contribution in [0.1, 0.15) is 51.6 Å². The highest BCUT2D eigenvalue weighted by Gasteiger charge is 2.16. The highest BCUT2D eigenvalue weighted by molar-refractivity contribution is 6.30. The van der Waals surface area contributed by atoms with Gasteiger partial charge in [-0.25, -0.2) is 0 Å². The predicted octanol–water partition coefficient (Wildman–Crippen LogP) is 3.67. The molecule has 0 aromatic heterocycles. The summed E-state index contributed by atoms with van der Waals surface area (Å²) in [6, 6.07) is 7.76.